The summed E-state index contributed by atoms with van der Waals surface area (Å²) in [7, 11) is 2.26. The minimum Gasteiger partial charge on any atom is -0.328 e. The number of rotatable bonds is 5. The van der Waals surface area contributed by atoms with Crippen LogP contribution >= 0.6 is 11.8 Å². The van der Waals surface area contributed by atoms with Crippen LogP contribution in [-0.2, 0) is 0 Å². The Bertz CT molecular complexity index is 167. The lowest BCUT2D eigenvalue weighted by Gasteiger charge is -2.32. The molecule has 0 amide bonds. The summed E-state index contributed by atoms with van der Waals surface area (Å²) in [4.78, 5) is 2.51. The minimum absolute atomic E-state index is 0.482. The third-order valence-electron chi connectivity index (χ3n) is 3.60. The van der Waals surface area contributed by atoms with Gasteiger partial charge in [0, 0.05) is 24.4 Å². The van der Waals surface area contributed by atoms with Crippen LogP contribution < -0.4 is 5.73 Å². The van der Waals surface area contributed by atoms with Gasteiger partial charge >= 0.3 is 0 Å². The van der Waals surface area contributed by atoms with Gasteiger partial charge in [-0.1, -0.05) is 0 Å². The standard InChI is InChI=1S/C12H26N2S/c1-10(9-15-3)14(2)8-11-4-6-12(13)7-5-11/h10-12H,4-9,13H2,1-3H3. The summed E-state index contributed by atoms with van der Waals surface area (Å²) in [5.41, 5.74) is 5.92. The van der Waals surface area contributed by atoms with Gasteiger partial charge in [-0.25, -0.2) is 0 Å². The van der Waals surface area contributed by atoms with E-state index in [1.807, 2.05) is 11.8 Å². The third kappa shape index (κ3) is 4.75. The van der Waals surface area contributed by atoms with Gasteiger partial charge in [-0.2, -0.15) is 11.8 Å². The monoisotopic (exact) mass is 230 g/mol. The molecule has 1 unspecified atom stereocenters. The first kappa shape index (κ1) is 13.3. The molecule has 3 heteroatoms. The Morgan fingerprint density at radius 2 is 1.93 bits per heavy atom. The highest BCUT2D eigenvalue weighted by atomic mass is 32.2. The highest BCUT2D eigenvalue weighted by molar-refractivity contribution is 7.98. The zero-order valence-corrected chi connectivity index (χ0v) is 11.2. The van der Waals surface area contributed by atoms with E-state index in [1.54, 1.807) is 0 Å². The van der Waals surface area contributed by atoms with Crippen molar-refractivity contribution in [3.8, 4) is 0 Å². The van der Waals surface area contributed by atoms with Crippen LogP contribution in [0.25, 0.3) is 0 Å². The molecule has 15 heavy (non-hydrogen) atoms. The molecule has 1 rings (SSSR count). The second kappa shape index (κ2) is 6.77. The molecule has 0 aromatic carbocycles. The molecule has 1 atom stereocenters. The topological polar surface area (TPSA) is 29.3 Å². The van der Waals surface area contributed by atoms with Crippen molar-refractivity contribution in [1.82, 2.24) is 4.90 Å². The molecule has 0 spiro atoms. The maximum atomic E-state index is 5.92. The number of hydrogen-bond acceptors (Lipinski definition) is 3. The molecule has 2 N–H and O–H groups in total. The molecule has 0 aliphatic heterocycles. The summed E-state index contributed by atoms with van der Waals surface area (Å²) in [6.45, 7) is 3.58. The summed E-state index contributed by atoms with van der Waals surface area (Å²) in [5, 5.41) is 0. The highest BCUT2D eigenvalue weighted by Gasteiger charge is 2.21. The number of thioether (sulfide) groups is 1. The van der Waals surface area contributed by atoms with Crippen LogP contribution in [0.3, 0.4) is 0 Å². The van der Waals surface area contributed by atoms with E-state index < -0.39 is 0 Å². The van der Waals surface area contributed by atoms with Crippen molar-refractivity contribution in [3.05, 3.63) is 0 Å². The molecule has 90 valence electrons. The summed E-state index contributed by atoms with van der Waals surface area (Å²) in [5.74, 6) is 2.13. The van der Waals surface area contributed by atoms with E-state index in [1.165, 1.54) is 38.0 Å². The van der Waals surface area contributed by atoms with Crippen LogP contribution in [0.1, 0.15) is 32.6 Å². The predicted octanol–water partition coefficient (Wildman–Crippen LogP) is 2.19. The number of nitrogens with zero attached hydrogens (tertiary/aromatic N) is 1. The smallest absolute Gasteiger partial charge is 0.0155 e. The van der Waals surface area contributed by atoms with E-state index in [0.717, 1.165) is 5.92 Å². The van der Waals surface area contributed by atoms with Crippen LogP contribution in [0.5, 0.6) is 0 Å². The summed E-state index contributed by atoms with van der Waals surface area (Å²) in [6.07, 6.45) is 7.31. The lowest BCUT2D eigenvalue weighted by molar-refractivity contribution is 0.196. The van der Waals surface area contributed by atoms with Crippen molar-refractivity contribution >= 4 is 11.8 Å². The van der Waals surface area contributed by atoms with Crippen molar-refractivity contribution in [2.45, 2.75) is 44.7 Å². The fourth-order valence-electron chi connectivity index (χ4n) is 2.33. The normalized spacial score (nSPS) is 29.4. The number of hydrogen-bond donors (Lipinski definition) is 1. The molecule has 0 saturated heterocycles. The van der Waals surface area contributed by atoms with Gasteiger partial charge in [-0.05, 0) is 51.8 Å². The summed E-state index contributed by atoms with van der Waals surface area (Å²) >= 11 is 1.94. The van der Waals surface area contributed by atoms with Crippen LogP contribution in [0.15, 0.2) is 0 Å². The zero-order valence-electron chi connectivity index (χ0n) is 10.4. The molecule has 1 aliphatic carbocycles. The molecule has 1 fully saturated rings. The Balaban J connectivity index is 2.22. The molecule has 1 saturated carbocycles. The summed E-state index contributed by atoms with van der Waals surface area (Å²) < 4.78 is 0. The van der Waals surface area contributed by atoms with Gasteiger partial charge in [-0.3, -0.25) is 0 Å². The van der Waals surface area contributed by atoms with Crippen molar-refractivity contribution in [3.63, 3.8) is 0 Å². The van der Waals surface area contributed by atoms with E-state index in [4.69, 9.17) is 5.73 Å². The SMILES string of the molecule is CSCC(C)N(C)CC1CCC(N)CC1. The minimum atomic E-state index is 0.482. The molecule has 0 radical (unpaired) electrons. The van der Waals surface area contributed by atoms with Crippen molar-refractivity contribution in [1.29, 1.82) is 0 Å². The van der Waals surface area contributed by atoms with E-state index in [9.17, 15) is 0 Å². The Morgan fingerprint density at radius 3 is 2.47 bits per heavy atom. The molecule has 0 aromatic rings. The lowest BCUT2D eigenvalue weighted by Crippen LogP contribution is -2.37. The molecule has 1 aliphatic rings. The van der Waals surface area contributed by atoms with Gasteiger partial charge in [0.1, 0.15) is 0 Å². The maximum Gasteiger partial charge on any atom is 0.0155 e. The lowest BCUT2D eigenvalue weighted by atomic mass is 9.86. The first-order chi connectivity index (χ1) is 7.13. The van der Waals surface area contributed by atoms with Gasteiger partial charge in [0.25, 0.3) is 0 Å². The molecule has 0 bridgehead atoms. The van der Waals surface area contributed by atoms with Gasteiger partial charge in [0.2, 0.25) is 0 Å². The quantitative estimate of drug-likeness (QED) is 0.785. The second-order valence-corrected chi connectivity index (χ2v) is 5.94. The predicted molar refractivity (Wildman–Crippen MR) is 70.4 cm³/mol. The van der Waals surface area contributed by atoms with E-state index in [0.29, 0.717) is 12.1 Å². The zero-order chi connectivity index (χ0) is 11.3. The largest absolute Gasteiger partial charge is 0.328 e. The van der Waals surface area contributed by atoms with Crippen LogP contribution in [0.2, 0.25) is 0 Å². The van der Waals surface area contributed by atoms with Crippen LogP contribution in [-0.4, -0.2) is 42.6 Å². The molecular weight excluding hydrogens is 204 g/mol. The van der Waals surface area contributed by atoms with E-state index >= 15 is 0 Å². The Labute approximate surface area is 99.0 Å². The van der Waals surface area contributed by atoms with Gasteiger partial charge in [-0.15, -0.1) is 0 Å². The number of nitrogens with two attached hydrogens (primary N) is 1. The molecule has 0 heterocycles. The fraction of sp³-hybridized carbons (Fsp3) is 1.00. The second-order valence-electron chi connectivity index (χ2n) is 5.02. The van der Waals surface area contributed by atoms with E-state index in [2.05, 4.69) is 25.1 Å². The van der Waals surface area contributed by atoms with Gasteiger partial charge in [0.05, 0.1) is 0 Å². The average molecular weight is 230 g/mol. The Hall–Kier alpha value is 0.270. The van der Waals surface area contributed by atoms with Crippen LogP contribution in [0.4, 0.5) is 0 Å². The molecule has 2 nitrogen and oxygen atoms in total. The molecule has 0 aromatic heterocycles. The van der Waals surface area contributed by atoms with Crippen LogP contribution in [0, 0.1) is 5.92 Å². The first-order valence-corrected chi connectivity index (χ1v) is 7.47. The average Bonchev–Trinajstić information content (AvgIpc) is 2.22. The Morgan fingerprint density at radius 1 is 1.33 bits per heavy atom. The molecular formula is C12H26N2S. The van der Waals surface area contributed by atoms with E-state index in [-0.39, 0.29) is 0 Å². The highest BCUT2D eigenvalue weighted by Crippen LogP contribution is 2.24. The fourth-order valence-corrected chi connectivity index (χ4v) is 3.06. The first-order valence-electron chi connectivity index (χ1n) is 6.08. The van der Waals surface area contributed by atoms with Gasteiger partial charge in [0.15, 0.2) is 0 Å². The van der Waals surface area contributed by atoms with Gasteiger partial charge < -0.3 is 10.6 Å². The Kier molecular flexibility index (Phi) is 6.02. The van der Waals surface area contributed by atoms with Crippen molar-refractivity contribution in [2.24, 2.45) is 11.7 Å². The third-order valence-corrected chi connectivity index (χ3v) is 4.41. The van der Waals surface area contributed by atoms with Crippen molar-refractivity contribution in [2.75, 3.05) is 25.6 Å². The van der Waals surface area contributed by atoms with Crippen molar-refractivity contribution < 1.29 is 0 Å². The maximum absolute atomic E-state index is 5.92. The summed E-state index contributed by atoms with van der Waals surface area (Å²) in [6, 6.07) is 1.19.